The van der Waals surface area contributed by atoms with E-state index in [-0.39, 0.29) is 17.1 Å². The number of nitrogens with zero attached hydrogens (tertiary/aromatic N) is 3. The summed E-state index contributed by atoms with van der Waals surface area (Å²) in [5.74, 6) is 0.182. The number of aliphatic imine (C=N–C) groups is 1. The fourth-order valence-corrected chi connectivity index (χ4v) is 2.83. The fourth-order valence-electron chi connectivity index (χ4n) is 2.83. The normalized spacial score (nSPS) is 14.7. The van der Waals surface area contributed by atoms with Crippen LogP contribution in [0.15, 0.2) is 53.2 Å². The number of esters is 1. The first kappa shape index (κ1) is 19.7. The lowest BCUT2D eigenvalue weighted by Gasteiger charge is -2.18. The first-order valence-electron chi connectivity index (χ1n) is 8.52. The first-order chi connectivity index (χ1) is 13.8. The molecule has 0 N–H and O–H groups in total. The highest BCUT2D eigenvalue weighted by Gasteiger charge is 2.31. The maximum Gasteiger partial charge on any atom is 0.308 e. The van der Waals surface area contributed by atoms with Gasteiger partial charge in [-0.25, -0.2) is 4.99 Å². The van der Waals surface area contributed by atoms with E-state index in [1.165, 1.54) is 37.1 Å². The number of amidine groups is 1. The monoisotopic (exact) mass is 395 g/mol. The maximum absolute atomic E-state index is 12.9. The third-order valence-electron chi connectivity index (χ3n) is 4.09. The van der Waals surface area contributed by atoms with Crippen molar-refractivity contribution in [2.24, 2.45) is 4.99 Å². The Labute approximate surface area is 166 Å². The van der Waals surface area contributed by atoms with Crippen LogP contribution in [0.25, 0.3) is 6.08 Å². The van der Waals surface area contributed by atoms with Crippen molar-refractivity contribution in [3.8, 4) is 11.5 Å². The summed E-state index contributed by atoms with van der Waals surface area (Å²) < 4.78 is 10.2. The molecule has 0 radical (unpaired) electrons. The first-order valence-corrected chi connectivity index (χ1v) is 8.52. The fraction of sp³-hybridized carbons (Fsp3) is 0.150. The van der Waals surface area contributed by atoms with E-state index < -0.39 is 16.8 Å². The second-order valence-electron chi connectivity index (χ2n) is 6.11. The Hall–Kier alpha value is -4.01. The van der Waals surface area contributed by atoms with Crippen molar-refractivity contribution < 1.29 is 24.0 Å². The highest BCUT2D eigenvalue weighted by molar-refractivity contribution is 6.28. The molecule has 0 aromatic heterocycles. The highest BCUT2D eigenvalue weighted by Crippen LogP contribution is 2.35. The molecule has 0 saturated carbocycles. The summed E-state index contributed by atoms with van der Waals surface area (Å²) in [6.07, 6.45) is 1.60. The van der Waals surface area contributed by atoms with Crippen LogP contribution in [0, 0.1) is 10.1 Å². The molecular formula is C20H17N3O6. The van der Waals surface area contributed by atoms with Crippen molar-refractivity contribution in [1.82, 2.24) is 0 Å². The zero-order valence-electron chi connectivity index (χ0n) is 15.9. The molecule has 2 aromatic rings. The molecule has 0 unspecified atom stereocenters. The second-order valence-corrected chi connectivity index (χ2v) is 6.11. The minimum atomic E-state index is -0.538. The summed E-state index contributed by atoms with van der Waals surface area (Å²) in [4.78, 5) is 40.0. The van der Waals surface area contributed by atoms with Gasteiger partial charge in [0, 0.05) is 13.0 Å². The molecule has 0 fully saturated rings. The minimum Gasteiger partial charge on any atom is -0.494 e. The Morgan fingerprint density at radius 2 is 1.90 bits per heavy atom. The third-order valence-corrected chi connectivity index (χ3v) is 4.09. The predicted octanol–water partition coefficient (Wildman–Crippen LogP) is 3.33. The molecular weight excluding hydrogens is 378 g/mol. The molecule has 148 valence electrons. The van der Waals surface area contributed by atoms with E-state index in [2.05, 4.69) is 4.99 Å². The van der Waals surface area contributed by atoms with Crippen LogP contribution in [0.5, 0.6) is 11.5 Å². The van der Waals surface area contributed by atoms with Gasteiger partial charge in [0.15, 0.2) is 0 Å². The number of hydrogen-bond acceptors (Lipinski definition) is 7. The van der Waals surface area contributed by atoms with Crippen LogP contribution < -0.4 is 14.4 Å². The zero-order valence-corrected chi connectivity index (χ0v) is 15.9. The number of non-ortho nitro benzene ring substituents is 1. The van der Waals surface area contributed by atoms with Gasteiger partial charge >= 0.3 is 5.97 Å². The van der Waals surface area contributed by atoms with Gasteiger partial charge in [-0.2, -0.15) is 0 Å². The third kappa shape index (κ3) is 4.13. The van der Waals surface area contributed by atoms with Crippen LogP contribution >= 0.6 is 0 Å². The second kappa shape index (κ2) is 7.93. The van der Waals surface area contributed by atoms with E-state index in [0.29, 0.717) is 22.8 Å². The molecule has 1 aliphatic rings. The van der Waals surface area contributed by atoms with Gasteiger partial charge in [0.2, 0.25) is 0 Å². The van der Waals surface area contributed by atoms with Crippen molar-refractivity contribution in [2.75, 3.05) is 12.0 Å². The lowest BCUT2D eigenvalue weighted by molar-refractivity contribution is -0.384. The number of benzene rings is 2. The largest absolute Gasteiger partial charge is 0.494 e. The van der Waals surface area contributed by atoms with Crippen molar-refractivity contribution >= 4 is 35.2 Å². The number of methoxy groups -OCH3 is 1. The van der Waals surface area contributed by atoms with Crippen molar-refractivity contribution in [3.63, 3.8) is 0 Å². The van der Waals surface area contributed by atoms with Crippen molar-refractivity contribution in [3.05, 3.63) is 63.8 Å². The molecule has 1 heterocycles. The number of ether oxygens (including phenoxy) is 2. The molecule has 0 spiro atoms. The van der Waals surface area contributed by atoms with Gasteiger partial charge in [0.05, 0.1) is 23.8 Å². The predicted molar refractivity (Wildman–Crippen MR) is 106 cm³/mol. The van der Waals surface area contributed by atoms with Crippen LogP contribution in [0.3, 0.4) is 0 Å². The Morgan fingerprint density at radius 3 is 2.48 bits per heavy atom. The van der Waals surface area contributed by atoms with E-state index in [1.807, 2.05) is 0 Å². The van der Waals surface area contributed by atoms with E-state index in [9.17, 15) is 19.7 Å². The van der Waals surface area contributed by atoms with Crippen molar-refractivity contribution in [1.29, 1.82) is 0 Å². The van der Waals surface area contributed by atoms with Gasteiger partial charge in [-0.1, -0.05) is 12.1 Å². The molecule has 3 rings (SSSR count). The average molecular weight is 395 g/mol. The molecule has 0 atom stereocenters. The standard InChI is InChI=1S/C20H17N3O6/c1-12-21-17(10-14-4-7-16(8-5-14)29-13(2)24)20(25)22(12)18-9-6-15(23(26)27)11-19(18)28-3/h4-11H,1-3H3/b17-10+. The zero-order chi connectivity index (χ0) is 21.1. The molecule has 29 heavy (non-hydrogen) atoms. The lowest BCUT2D eigenvalue weighted by Crippen LogP contribution is -2.30. The molecule has 0 saturated heterocycles. The molecule has 9 heteroatoms. The number of anilines is 1. The molecule has 1 amide bonds. The maximum atomic E-state index is 12.9. The minimum absolute atomic E-state index is 0.143. The summed E-state index contributed by atoms with van der Waals surface area (Å²) in [6.45, 7) is 2.97. The van der Waals surface area contributed by atoms with E-state index >= 15 is 0 Å². The Morgan fingerprint density at radius 1 is 1.21 bits per heavy atom. The number of nitro groups is 1. The molecule has 1 aliphatic heterocycles. The lowest BCUT2D eigenvalue weighted by atomic mass is 10.1. The quantitative estimate of drug-likeness (QED) is 0.252. The van der Waals surface area contributed by atoms with Crippen LogP contribution in [0.4, 0.5) is 11.4 Å². The summed E-state index contributed by atoms with van der Waals surface area (Å²) in [5.41, 5.74) is 1.11. The van der Waals surface area contributed by atoms with Crippen LogP contribution in [0.1, 0.15) is 19.4 Å². The van der Waals surface area contributed by atoms with Gasteiger partial charge in [-0.3, -0.25) is 24.6 Å². The van der Waals surface area contributed by atoms with Crippen LogP contribution in [0.2, 0.25) is 0 Å². The van der Waals surface area contributed by atoms with Gasteiger partial charge in [-0.05, 0) is 36.8 Å². The molecule has 0 bridgehead atoms. The van der Waals surface area contributed by atoms with E-state index in [4.69, 9.17) is 9.47 Å². The van der Waals surface area contributed by atoms with E-state index in [0.717, 1.165) is 0 Å². The number of carbonyl (C=O) groups excluding carboxylic acids is 2. The number of carbonyl (C=O) groups is 2. The van der Waals surface area contributed by atoms with Gasteiger partial charge in [-0.15, -0.1) is 0 Å². The summed E-state index contributed by atoms with van der Waals surface area (Å²) in [6, 6.07) is 10.6. The summed E-state index contributed by atoms with van der Waals surface area (Å²) >= 11 is 0. The van der Waals surface area contributed by atoms with Gasteiger partial charge < -0.3 is 9.47 Å². The van der Waals surface area contributed by atoms with Crippen molar-refractivity contribution in [2.45, 2.75) is 13.8 Å². The topological polar surface area (TPSA) is 111 Å². The summed E-state index contributed by atoms with van der Waals surface area (Å²) in [5, 5.41) is 11.0. The number of rotatable bonds is 5. The molecule has 2 aromatic carbocycles. The van der Waals surface area contributed by atoms with Gasteiger partial charge in [0.25, 0.3) is 11.6 Å². The number of hydrogen-bond donors (Lipinski definition) is 0. The average Bonchev–Trinajstić information content (AvgIpc) is 2.95. The SMILES string of the molecule is COc1cc([N+](=O)[O-])ccc1N1C(=O)/C(=C\c2ccc(OC(C)=O)cc2)N=C1C. The Bertz CT molecular complexity index is 1060. The summed E-state index contributed by atoms with van der Waals surface area (Å²) in [7, 11) is 1.37. The number of amides is 1. The van der Waals surface area contributed by atoms with E-state index in [1.54, 1.807) is 37.3 Å². The van der Waals surface area contributed by atoms with Crippen LogP contribution in [-0.2, 0) is 9.59 Å². The smallest absolute Gasteiger partial charge is 0.308 e. The van der Waals surface area contributed by atoms with Gasteiger partial charge in [0.1, 0.15) is 23.0 Å². The van der Waals surface area contributed by atoms with Crippen LogP contribution in [-0.4, -0.2) is 29.7 Å². The molecule has 0 aliphatic carbocycles. The highest BCUT2D eigenvalue weighted by atomic mass is 16.6. The number of nitro benzene ring substituents is 1. The Kier molecular flexibility index (Phi) is 5.40. The Balaban J connectivity index is 1.90. The molecule has 9 nitrogen and oxygen atoms in total.